The van der Waals surface area contributed by atoms with Crippen molar-refractivity contribution in [2.75, 3.05) is 0 Å². The number of nitrogens with one attached hydrogen (secondary N) is 1. The van der Waals surface area contributed by atoms with E-state index in [-0.39, 0.29) is 23.3 Å². The Hall–Kier alpha value is -1.96. The maximum Gasteiger partial charge on any atom is 0.281 e. The lowest BCUT2D eigenvalue weighted by atomic mass is 9.77. The first-order valence-corrected chi connectivity index (χ1v) is 7.24. The van der Waals surface area contributed by atoms with Crippen LogP contribution in [0.3, 0.4) is 0 Å². The molecule has 116 valence electrons. The first-order chi connectivity index (χ1) is 9.56. The molecule has 0 aliphatic carbocycles. The van der Waals surface area contributed by atoms with Crippen LogP contribution in [0, 0.1) is 5.41 Å². The number of carbonyl (C=O) groups is 3. The zero-order chi connectivity index (χ0) is 16.3. The van der Waals surface area contributed by atoms with Crippen molar-refractivity contribution < 1.29 is 14.4 Å². The number of primary amides is 2. The van der Waals surface area contributed by atoms with Crippen LogP contribution in [0.5, 0.6) is 0 Å². The number of hydrogen-bond donors (Lipinski definition) is 3. The van der Waals surface area contributed by atoms with Gasteiger partial charge in [-0.05, 0) is 11.8 Å². The number of hydrogen-bond acceptors (Lipinski definition) is 5. The molecular weight excluding hydrogens is 292 g/mol. The lowest BCUT2D eigenvalue weighted by molar-refractivity contribution is -0.130. The van der Waals surface area contributed by atoms with Gasteiger partial charge in [0.2, 0.25) is 11.8 Å². The molecule has 0 radical (unpaired) electrons. The molecule has 0 saturated carbocycles. The van der Waals surface area contributed by atoms with E-state index in [1.54, 1.807) is 5.38 Å². The van der Waals surface area contributed by atoms with Crippen molar-refractivity contribution in [2.45, 2.75) is 39.2 Å². The van der Waals surface area contributed by atoms with Crippen molar-refractivity contribution in [1.82, 2.24) is 10.3 Å². The molecular formula is C13H20N4O3S. The summed E-state index contributed by atoms with van der Waals surface area (Å²) >= 11 is 1.13. The summed E-state index contributed by atoms with van der Waals surface area (Å²) in [7, 11) is 0. The molecule has 1 atom stereocenters. The summed E-state index contributed by atoms with van der Waals surface area (Å²) in [6.45, 7) is 5.63. The van der Waals surface area contributed by atoms with Gasteiger partial charge >= 0.3 is 0 Å². The van der Waals surface area contributed by atoms with Crippen LogP contribution in [-0.2, 0) is 9.59 Å². The van der Waals surface area contributed by atoms with Gasteiger partial charge in [0.05, 0.1) is 6.42 Å². The third kappa shape index (κ3) is 4.82. The number of thiazole rings is 1. The lowest BCUT2D eigenvalue weighted by Crippen LogP contribution is -2.60. The largest absolute Gasteiger partial charge is 0.370 e. The minimum absolute atomic E-state index is 0.190. The van der Waals surface area contributed by atoms with Crippen LogP contribution in [0.15, 0.2) is 11.6 Å². The SMILES string of the molecule is CC(C)(C)CC(CC(N)=O)(NC(=O)c1nccs1)C(N)=O. The number of nitrogens with two attached hydrogens (primary N) is 2. The zero-order valence-corrected chi connectivity index (χ0v) is 13.1. The highest BCUT2D eigenvalue weighted by atomic mass is 32.1. The molecule has 5 N–H and O–H groups in total. The Morgan fingerprint density at radius 1 is 1.29 bits per heavy atom. The molecule has 0 bridgehead atoms. The van der Waals surface area contributed by atoms with Gasteiger partial charge in [0.15, 0.2) is 5.01 Å². The van der Waals surface area contributed by atoms with E-state index in [4.69, 9.17) is 11.5 Å². The van der Waals surface area contributed by atoms with E-state index in [0.29, 0.717) is 0 Å². The zero-order valence-electron chi connectivity index (χ0n) is 12.3. The molecule has 8 heteroatoms. The molecule has 1 rings (SSSR count). The van der Waals surface area contributed by atoms with Crippen molar-refractivity contribution in [1.29, 1.82) is 0 Å². The van der Waals surface area contributed by atoms with Crippen LogP contribution in [-0.4, -0.2) is 28.2 Å². The molecule has 1 aromatic rings. The average molecular weight is 312 g/mol. The number of rotatable bonds is 6. The van der Waals surface area contributed by atoms with Crippen molar-refractivity contribution in [3.8, 4) is 0 Å². The minimum atomic E-state index is -1.52. The van der Waals surface area contributed by atoms with Crippen LogP contribution >= 0.6 is 11.3 Å². The Bertz CT molecular complexity index is 536. The lowest BCUT2D eigenvalue weighted by Gasteiger charge is -2.35. The second-order valence-electron chi connectivity index (χ2n) is 6.12. The fourth-order valence-electron chi connectivity index (χ4n) is 2.20. The molecule has 3 amide bonds. The summed E-state index contributed by atoms with van der Waals surface area (Å²) in [4.78, 5) is 39.3. The van der Waals surface area contributed by atoms with E-state index in [1.165, 1.54) is 6.20 Å². The van der Waals surface area contributed by atoms with Gasteiger partial charge in [-0.2, -0.15) is 0 Å². The van der Waals surface area contributed by atoms with Gasteiger partial charge in [-0.25, -0.2) is 4.98 Å². The van der Waals surface area contributed by atoms with Gasteiger partial charge in [0, 0.05) is 11.6 Å². The van der Waals surface area contributed by atoms with Crippen LogP contribution in [0.4, 0.5) is 0 Å². The Morgan fingerprint density at radius 3 is 2.29 bits per heavy atom. The van der Waals surface area contributed by atoms with Crippen molar-refractivity contribution in [3.63, 3.8) is 0 Å². The summed E-state index contributed by atoms with van der Waals surface area (Å²) in [5.41, 5.74) is 8.80. The third-order valence-corrected chi connectivity index (χ3v) is 3.53. The predicted molar refractivity (Wildman–Crippen MR) is 79.4 cm³/mol. The maximum absolute atomic E-state index is 12.2. The summed E-state index contributed by atoms with van der Waals surface area (Å²) in [5.74, 6) is -2.05. The first kappa shape index (κ1) is 17.1. The molecule has 0 fully saturated rings. The van der Waals surface area contributed by atoms with Crippen molar-refractivity contribution in [2.24, 2.45) is 16.9 Å². The van der Waals surface area contributed by atoms with E-state index in [0.717, 1.165) is 11.3 Å². The molecule has 0 saturated heterocycles. The molecule has 21 heavy (non-hydrogen) atoms. The molecule has 0 aromatic carbocycles. The smallest absolute Gasteiger partial charge is 0.281 e. The third-order valence-electron chi connectivity index (χ3n) is 2.76. The highest BCUT2D eigenvalue weighted by Crippen LogP contribution is 2.30. The van der Waals surface area contributed by atoms with Gasteiger partial charge in [-0.3, -0.25) is 14.4 Å². The Labute approximate surface area is 127 Å². The van der Waals surface area contributed by atoms with Crippen LogP contribution in [0.2, 0.25) is 0 Å². The summed E-state index contributed by atoms with van der Waals surface area (Å²) in [6.07, 6.45) is 1.31. The van der Waals surface area contributed by atoms with Gasteiger partial charge in [0.25, 0.3) is 5.91 Å². The predicted octanol–water partition coefficient (Wildman–Crippen LogP) is 0.409. The molecule has 1 heterocycles. The second kappa shape index (κ2) is 6.21. The normalized spacial score (nSPS) is 14.2. The highest BCUT2D eigenvalue weighted by Gasteiger charge is 2.43. The number of aromatic nitrogens is 1. The Kier molecular flexibility index (Phi) is 5.06. The van der Waals surface area contributed by atoms with Crippen molar-refractivity contribution >= 4 is 29.1 Å². The topological polar surface area (TPSA) is 128 Å². The first-order valence-electron chi connectivity index (χ1n) is 6.36. The Balaban J connectivity index is 3.12. The van der Waals surface area contributed by atoms with Crippen LogP contribution in [0.1, 0.15) is 43.4 Å². The van der Waals surface area contributed by atoms with Crippen LogP contribution < -0.4 is 16.8 Å². The van der Waals surface area contributed by atoms with E-state index in [2.05, 4.69) is 10.3 Å². The molecule has 7 nitrogen and oxygen atoms in total. The summed E-state index contributed by atoms with van der Waals surface area (Å²) in [5, 5.41) is 4.38. The van der Waals surface area contributed by atoms with Gasteiger partial charge < -0.3 is 16.8 Å². The average Bonchev–Trinajstić information content (AvgIpc) is 2.78. The fraction of sp³-hybridized carbons (Fsp3) is 0.538. The van der Waals surface area contributed by atoms with E-state index in [1.807, 2.05) is 20.8 Å². The molecule has 1 unspecified atom stereocenters. The second-order valence-corrected chi connectivity index (χ2v) is 7.01. The number of amides is 3. The summed E-state index contributed by atoms with van der Waals surface area (Å²) < 4.78 is 0. The molecule has 0 spiro atoms. The molecule has 0 aliphatic rings. The minimum Gasteiger partial charge on any atom is -0.370 e. The standard InChI is InChI=1S/C13H20N4O3S/c1-12(2,3)7-13(11(15)20,6-8(14)18)17-9(19)10-16-4-5-21-10/h4-5H,6-7H2,1-3H3,(H2,14,18)(H2,15,20)(H,17,19). The number of carbonyl (C=O) groups excluding carboxylic acids is 3. The molecule has 0 aliphatic heterocycles. The number of nitrogens with zero attached hydrogens (tertiary/aromatic N) is 1. The maximum atomic E-state index is 12.2. The van der Waals surface area contributed by atoms with Crippen LogP contribution in [0.25, 0.3) is 0 Å². The van der Waals surface area contributed by atoms with E-state index in [9.17, 15) is 14.4 Å². The van der Waals surface area contributed by atoms with Gasteiger partial charge in [-0.15, -0.1) is 11.3 Å². The van der Waals surface area contributed by atoms with Crippen molar-refractivity contribution in [3.05, 3.63) is 16.6 Å². The summed E-state index contributed by atoms with van der Waals surface area (Å²) in [6, 6.07) is 0. The van der Waals surface area contributed by atoms with E-state index < -0.39 is 23.3 Å². The van der Waals surface area contributed by atoms with Gasteiger partial charge in [0.1, 0.15) is 5.54 Å². The van der Waals surface area contributed by atoms with Gasteiger partial charge in [-0.1, -0.05) is 20.8 Å². The highest BCUT2D eigenvalue weighted by molar-refractivity contribution is 7.11. The Morgan fingerprint density at radius 2 is 1.90 bits per heavy atom. The molecule has 1 aromatic heterocycles. The fourth-order valence-corrected chi connectivity index (χ4v) is 2.73. The monoisotopic (exact) mass is 312 g/mol. The van der Waals surface area contributed by atoms with E-state index >= 15 is 0 Å². The quantitative estimate of drug-likeness (QED) is 0.702.